The van der Waals surface area contributed by atoms with Gasteiger partial charge in [-0.1, -0.05) is 41.1 Å². The van der Waals surface area contributed by atoms with Crippen molar-refractivity contribution in [3.8, 4) is 11.4 Å². The molecular weight excluding hydrogens is 428 g/mol. The topological polar surface area (TPSA) is 68.9 Å². The number of rotatable bonds is 4. The molecule has 1 amide bonds. The molecule has 5 rings (SSSR count). The Kier molecular flexibility index (Phi) is 5.48. The number of oxime groups is 1. The van der Waals surface area contributed by atoms with Crippen LogP contribution in [0.25, 0.3) is 11.8 Å². The highest BCUT2D eigenvalue weighted by molar-refractivity contribution is 6.13. The second kappa shape index (κ2) is 8.48. The van der Waals surface area contributed by atoms with E-state index in [0.717, 1.165) is 33.8 Å². The van der Waals surface area contributed by atoms with Gasteiger partial charge in [0.05, 0.1) is 24.8 Å². The molecule has 3 heterocycles. The van der Waals surface area contributed by atoms with Gasteiger partial charge >= 0.3 is 0 Å². The lowest BCUT2D eigenvalue weighted by Crippen LogP contribution is -2.57. The van der Waals surface area contributed by atoms with Crippen LogP contribution in [0.4, 0.5) is 0 Å². The number of aryl methyl sites for hydroxylation is 2. The molecule has 0 aliphatic carbocycles. The van der Waals surface area contributed by atoms with E-state index in [9.17, 15) is 4.79 Å². The molecule has 7 nitrogen and oxygen atoms in total. The average molecular weight is 457 g/mol. The van der Waals surface area contributed by atoms with Crippen LogP contribution in [0.5, 0.6) is 5.75 Å². The number of carbonyl (C=O) groups excluding carboxylic acids is 1. The molecule has 0 unspecified atom stereocenters. The average Bonchev–Trinajstić information content (AvgIpc) is 3.27. The van der Waals surface area contributed by atoms with Gasteiger partial charge in [-0.15, -0.1) is 0 Å². The van der Waals surface area contributed by atoms with Gasteiger partial charge in [-0.05, 0) is 62.1 Å². The van der Waals surface area contributed by atoms with Gasteiger partial charge in [0, 0.05) is 12.6 Å². The Balaban J connectivity index is 1.51. The number of methoxy groups -OCH3 is 1. The van der Waals surface area contributed by atoms with Crippen LogP contribution in [0.1, 0.15) is 42.1 Å². The van der Waals surface area contributed by atoms with E-state index >= 15 is 0 Å². The van der Waals surface area contributed by atoms with Crippen molar-refractivity contribution < 1.29 is 14.4 Å². The van der Waals surface area contributed by atoms with Crippen molar-refractivity contribution in [2.75, 3.05) is 13.7 Å². The van der Waals surface area contributed by atoms with Gasteiger partial charge in [0.2, 0.25) is 5.91 Å². The monoisotopic (exact) mass is 456 g/mol. The predicted octanol–water partition coefficient (Wildman–Crippen LogP) is 4.76. The molecule has 174 valence electrons. The van der Waals surface area contributed by atoms with Crippen molar-refractivity contribution in [2.24, 2.45) is 5.16 Å². The number of amidine groups is 1. The number of hydrogen-bond donors (Lipinski definition) is 0. The highest BCUT2D eigenvalue weighted by Crippen LogP contribution is 2.38. The first-order valence-corrected chi connectivity index (χ1v) is 11.4. The molecule has 2 aliphatic heterocycles. The van der Waals surface area contributed by atoms with Gasteiger partial charge < -0.3 is 14.1 Å². The minimum absolute atomic E-state index is 0.0608. The highest BCUT2D eigenvalue weighted by Gasteiger charge is 2.46. The molecular formula is C27H28N4O3. The Labute approximate surface area is 199 Å². The van der Waals surface area contributed by atoms with E-state index in [1.807, 2.05) is 47.7 Å². The van der Waals surface area contributed by atoms with Gasteiger partial charge in [0.1, 0.15) is 17.9 Å². The number of ether oxygens (including phenoxy) is 1. The Morgan fingerprint density at radius 2 is 1.91 bits per heavy atom. The summed E-state index contributed by atoms with van der Waals surface area (Å²) in [4.78, 5) is 24.9. The molecule has 1 atom stereocenters. The Morgan fingerprint density at radius 1 is 1.12 bits per heavy atom. The number of imidazole rings is 1. The van der Waals surface area contributed by atoms with Gasteiger partial charge in [0.15, 0.2) is 5.84 Å². The van der Waals surface area contributed by atoms with Crippen LogP contribution < -0.4 is 4.74 Å². The molecule has 1 fully saturated rings. The second-order valence-corrected chi connectivity index (χ2v) is 9.08. The number of carbonyl (C=O) groups is 1. The Morgan fingerprint density at radius 3 is 2.62 bits per heavy atom. The minimum atomic E-state index is -0.623. The lowest BCUT2D eigenvalue weighted by Gasteiger charge is -2.46. The van der Waals surface area contributed by atoms with Crippen molar-refractivity contribution in [1.82, 2.24) is 14.5 Å². The molecule has 1 aromatic heterocycles. The Hall–Kier alpha value is -3.87. The molecule has 3 aromatic rings. The zero-order valence-electron chi connectivity index (χ0n) is 19.9. The minimum Gasteiger partial charge on any atom is -0.495 e. The smallest absolute Gasteiger partial charge is 0.229 e. The first kappa shape index (κ1) is 21.9. The predicted molar refractivity (Wildman–Crippen MR) is 131 cm³/mol. The van der Waals surface area contributed by atoms with Crippen LogP contribution in [0.3, 0.4) is 0 Å². The maximum absolute atomic E-state index is 13.1. The van der Waals surface area contributed by atoms with Crippen molar-refractivity contribution >= 4 is 17.8 Å². The molecule has 0 spiro atoms. The van der Waals surface area contributed by atoms with Crippen LogP contribution in [0.2, 0.25) is 0 Å². The van der Waals surface area contributed by atoms with E-state index in [2.05, 4.69) is 47.4 Å². The van der Waals surface area contributed by atoms with Gasteiger partial charge in [0.25, 0.3) is 0 Å². The largest absolute Gasteiger partial charge is 0.495 e. The fraction of sp³-hybridized carbons (Fsp3) is 0.296. The number of piperidine rings is 1. The summed E-state index contributed by atoms with van der Waals surface area (Å²) in [6.07, 6.45) is 6.83. The van der Waals surface area contributed by atoms with Crippen LogP contribution in [0.15, 0.2) is 65.7 Å². The van der Waals surface area contributed by atoms with Crippen molar-refractivity contribution in [1.29, 1.82) is 0 Å². The van der Waals surface area contributed by atoms with Gasteiger partial charge in [-0.3, -0.25) is 9.69 Å². The first-order chi connectivity index (χ1) is 16.4. The third kappa shape index (κ3) is 3.77. The Bertz CT molecular complexity index is 1310. The number of aromatic nitrogens is 2. The summed E-state index contributed by atoms with van der Waals surface area (Å²) in [7, 11) is 1.66. The zero-order chi connectivity index (χ0) is 23.9. The zero-order valence-corrected chi connectivity index (χ0v) is 19.9. The SMILES string of the molecule is COc1cc(/C=C2\CCC(=O)N3C2=NOC[C@]3(C)c2ccc(C)cc2)ccc1-n1cnc(C)c1. The number of amides is 1. The standard InChI is InChI=1S/C27H28N4O3/c1-18-5-9-22(10-6-18)27(3)16-34-29-26-21(8-12-25(32)31(26)27)13-20-7-11-23(24(14-20)33-4)30-15-19(2)28-17-30/h5-7,9-11,13-15,17H,8,12,16H2,1-4H3/b21-13+/t27-/m1/s1. The maximum atomic E-state index is 13.1. The van der Waals surface area contributed by atoms with Gasteiger partial charge in [-0.2, -0.15) is 0 Å². The van der Waals surface area contributed by atoms with E-state index in [4.69, 9.17) is 9.57 Å². The van der Waals surface area contributed by atoms with Crippen molar-refractivity contribution in [2.45, 2.75) is 39.2 Å². The molecule has 0 saturated carbocycles. The third-order valence-corrected chi connectivity index (χ3v) is 6.55. The fourth-order valence-corrected chi connectivity index (χ4v) is 4.63. The molecule has 7 heteroatoms. The summed E-state index contributed by atoms with van der Waals surface area (Å²) < 4.78 is 7.61. The van der Waals surface area contributed by atoms with Gasteiger partial charge in [-0.25, -0.2) is 4.98 Å². The summed E-state index contributed by atoms with van der Waals surface area (Å²) in [5.74, 6) is 1.38. The van der Waals surface area contributed by atoms with Crippen molar-refractivity contribution in [3.63, 3.8) is 0 Å². The summed E-state index contributed by atoms with van der Waals surface area (Å²) in [6, 6.07) is 14.3. The number of hydrogen-bond acceptors (Lipinski definition) is 5. The van der Waals surface area contributed by atoms with E-state index in [1.54, 1.807) is 13.4 Å². The molecule has 34 heavy (non-hydrogen) atoms. The lowest BCUT2D eigenvalue weighted by atomic mass is 9.86. The molecule has 0 N–H and O–H groups in total. The summed E-state index contributed by atoms with van der Waals surface area (Å²) >= 11 is 0. The number of fused-ring (bicyclic) bond motifs is 1. The molecule has 0 radical (unpaired) electrons. The van der Waals surface area contributed by atoms with E-state index in [1.165, 1.54) is 5.56 Å². The fourth-order valence-electron chi connectivity index (χ4n) is 4.63. The van der Waals surface area contributed by atoms with E-state index in [-0.39, 0.29) is 5.91 Å². The van der Waals surface area contributed by atoms with Crippen LogP contribution >= 0.6 is 0 Å². The third-order valence-electron chi connectivity index (χ3n) is 6.55. The first-order valence-electron chi connectivity index (χ1n) is 11.4. The van der Waals surface area contributed by atoms with E-state index in [0.29, 0.717) is 25.3 Å². The quantitative estimate of drug-likeness (QED) is 0.568. The summed E-state index contributed by atoms with van der Waals surface area (Å²) in [5, 5.41) is 4.34. The summed E-state index contributed by atoms with van der Waals surface area (Å²) in [5.41, 5.74) is 5.36. The van der Waals surface area contributed by atoms with Crippen LogP contribution in [-0.2, 0) is 15.2 Å². The second-order valence-electron chi connectivity index (χ2n) is 9.08. The molecule has 1 saturated heterocycles. The normalized spacial score (nSPS) is 21.2. The van der Waals surface area contributed by atoms with Crippen LogP contribution in [0, 0.1) is 13.8 Å². The molecule has 0 bridgehead atoms. The number of nitrogens with zero attached hydrogens (tertiary/aromatic N) is 4. The molecule has 2 aliphatic rings. The van der Waals surface area contributed by atoms with Crippen LogP contribution in [-0.4, -0.2) is 39.9 Å². The molecule has 2 aromatic carbocycles. The number of benzene rings is 2. The summed E-state index contributed by atoms with van der Waals surface area (Å²) in [6.45, 7) is 6.36. The van der Waals surface area contributed by atoms with E-state index < -0.39 is 5.54 Å². The maximum Gasteiger partial charge on any atom is 0.229 e. The highest BCUT2D eigenvalue weighted by atomic mass is 16.6. The lowest BCUT2D eigenvalue weighted by molar-refractivity contribution is -0.137. The van der Waals surface area contributed by atoms with Crippen molar-refractivity contribution in [3.05, 3.63) is 82.9 Å².